The van der Waals surface area contributed by atoms with Gasteiger partial charge in [0.05, 0.1) is 26.5 Å². The van der Waals surface area contributed by atoms with Crippen molar-refractivity contribution in [3.63, 3.8) is 0 Å². The highest BCUT2D eigenvalue weighted by molar-refractivity contribution is 7.09. The second-order valence-electron chi connectivity index (χ2n) is 7.66. The zero-order chi connectivity index (χ0) is 23.4. The average molecular weight is 462 g/mol. The number of carbonyl (C=O) groups excluding carboxylic acids is 1. The lowest BCUT2D eigenvalue weighted by molar-refractivity contribution is -0.116. The summed E-state index contributed by atoms with van der Waals surface area (Å²) in [6.45, 7) is 6.88. The van der Waals surface area contributed by atoms with Crippen LogP contribution in [0.5, 0.6) is 11.5 Å². The van der Waals surface area contributed by atoms with Crippen LogP contribution < -0.4 is 14.8 Å². The third kappa shape index (κ3) is 4.66. The van der Waals surface area contributed by atoms with Crippen molar-refractivity contribution in [1.82, 2.24) is 5.32 Å². The van der Waals surface area contributed by atoms with E-state index >= 15 is 0 Å². The van der Waals surface area contributed by atoms with Gasteiger partial charge in [0.25, 0.3) is 0 Å². The highest BCUT2D eigenvalue weighted by Gasteiger charge is 2.20. The molecule has 2 aromatic carbocycles. The summed E-state index contributed by atoms with van der Waals surface area (Å²) in [5.41, 5.74) is 5.23. The molecule has 0 spiro atoms. The Hall–Kier alpha value is -3.51. The number of thiophene rings is 1. The monoisotopic (exact) mass is 461 g/mol. The summed E-state index contributed by atoms with van der Waals surface area (Å²) in [5.74, 6) is 1.36. The molecule has 0 unspecified atom stereocenters. The molecule has 0 bridgehead atoms. The summed E-state index contributed by atoms with van der Waals surface area (Å²) in [6, 6.07) is 13.9. The lowest BCUT2D eigenvalue weighted by Crippen LogP contribution is -2.20. The minimum absolute atomic E-state index is 0.141. The first-order chi connectivity index (χ1) is 16.0. The van der Waals surface area contributed by atoms with Crippen molar-refractivity contribution in [2.45, 2.75) is 27.3 Å². The molecular formula is C27H27NO4S. The number of rotatable bonds is 8. The largest absolute Gasteiger partial charge is 0.496 e. The van der Waals surface area contributed by atoms with Crippen LogP contribution in [0.3, 0.4) is 0 Å². The maximum Gasteiger partial charge on any atom is 0.244 e. The highest BCUT2D eigenvalue weighted by atomic mass is 32.1. The number of furan rings is 1. The molecule has 0 saturated carbocycles. The van der Waals surface area contributed by atoms with Gasteiger partial charge in [-0.25, -0.2) is 0 Å². The van der Waals surface area contributed by atoms with E-state index in [2.05, 4.69) is 5.32 Å². The van der Waals surface area contributed by atoms with E-state index in [9.17, 15) is 4.79 Å². The number of ether oxygens (including phenoxy) is 2. The topological polar surface area (TPSA) is 60.7 Å². The first-order valence-electron chi connectivity index (χ1n) is 10.8. The molecule has 0 aliphatic heterocycles. The van der Waals surface area contributed by atoms with E-state index in [0.717, 1.165) is 55.2 Å². The van der Waals surface area contributed by atoms with E-state index in [1.165, 1.54) is 0 Å². The zero-order valence-corrected chi connectivity index (χ0v) is 20.0. The molecule has 0 radical (unpaired) electrons. The Balaban J connectivity index is 1.77. The molecule has 2 aromatic heterocycles. The minimum atomic E-state index is -0.141. The van der Waals surface area contributed by atoms with Crippen molar-refractivity contribution in [2.24, 2.45) is 0 Å². The van der Waals surface area contributed by atoms with Crippen molar-refractivity contribution in [3.05, 3.63) is 76.2 Å². The standard InChI is InChI=1S/C27H27NO4S/c1-5-31-26-18(3)27-22(23(16-32-27)20-10-6-7-11-24(20)30-4)14-21(26)17(2)13-25(29)28-15-19-9-8-12-33-19/h6-14,16H,5,15H2,1-4H3,(H,28,29)/b17-13+. The number of benzene rings is 2. The summed E-state index contributed by atoms with van der Waals surface area (Å²) < 4.78 is 17.6. The lowest BCUT2D eigenvalue weighted by atomic mass is 9.96. The third-order valence-corrected chi connectivity index (χ3v) is 6.40. The molecule has 6 heteroatoms. The third-order valence-electron chi connectivity index (χ3n) is 5.52. The number of hydrogen-bond donors (Lipinski definition) is 1. The smallest absolute Gasteiger partial charge is 0.244 e. The van der Waals surface area contributed by atoms with Crippen molar-refractivity contribution in [3.8, 4) is 22.6 Å². The molecule has 4 rings (SSSR count). The second-order valence-corrected chi connectivity index (χ2v) is 8.69. The van der Waals surface area contributed by atoms with E-state index < -0.39 is 0 Å². The minimum Gasteiger partial charge on any atom is -0.496 e. The molecule has 5 nitrogen and oxygen atoms in total. The summed E-state index contributed by atoms with van der Waals surface area (Å²) in [7, 11) is 1.66. The molecular weight excluding hydrogens is 434 g/mol. The maximum atomic E-state index is 12.6. The van der Waals surface area contributed by atoms with Crippen LogP contribution in [0.4, 0.5) is 0 Å². The molecule has 0 saturated heterocycles. The molecule has 2 heterocycles. The molecule has 170 valence electrons. The SMILES string of the molecule is CCOc1c(/C(C)=C/C(=O)NCc2cccs2)cc2c(-c3ccccc3OC)coc2c1C. The second kappa shape index (κ2) is 9.96. The quantitative estimate of drug-likeness (QED) is 0.301. The van der Waals surface area contributed by atoms with Crippen molar-refractivity contribution in [2.75, 3.05) is 13.7 Å². The number of methoxy groups -OCH3 is 1. The highest BCUT2D eigenvalue weighted by Crippen LogP contribution is 2.42. The fourth-order valence-electron chi connectivity index (χ4n) is 3.93. The number of allylic oxidation sites excluding steroid dienone is 1. The summed E-state index contributed by atoms with van der Waals surface area (Å²) in [4.78, 5) is 13.7. The van der Waals surface area contributed by atoms with Gasteiger partial charge in [0, 0.05) is 38.6 Å². The first-order valence-corrected chi connectivity index (χ1v) is 11.7. The summed E-state index contributed by atoms with van der Waals surface area (Å²) >= 11 is 1.62. The van der Waals surface area contributed by atoms with Crippen LogP contribution in [-0.2, 0) is 11.3 Å². The zero-order valence-electron chi connectivity index (χ0n) is 19.2. The van der Waals surface area contributed by atoms with Crippen LogP contribution in [0, 0.1) is 6.92 Å². The Bertz CT molecular complexity index is 1300. The van der Waals surface area contributed by atoms with E-state index in [0.29, 0.717) is 13.2 Å². The van der Waals surface area contributed by atoms with Gasteiger partial charge >= 0.3 is 0 Å². The van der Waals surface area contributed by atoms with Gasteiger partial charge in [-0.1, -0.05) is 24.3 Å². The predicted octanol–water partition coefficient (Wildman–Crippen LogP) is 6.60. The van der Waals surface area contributed by atoms with Crippen molar-refractivity contribution < 1.29 is 18.7 Å². The Morgan fingerprint density at radius 1 is 1.18 bits per heavy atom. The Labute approximate surface area is 197 Å². The number of aryl methyl sites for hydroxylation is 1. The number of carbonyl (C=O) groups is 1. The molecule has 1 amide bonds. The van der Waals surface area contributed by atoms with Gasteiger partial charge in [0.1, 0.15) is 17.1 Å². The Morgan fingerprint density at radius 2 is 2.00 bits per heavy atom. The molecule has 33 heavy (non-hydrogen) atoms. The van der Waals surface area contributed by atoms with Crippen molar-refractivity contribution in [1.29, 1.82) is 0 Å². The number of para-hydroxylation sites is 1. The van der Waals surface area contributed by atoms with Gasteiger partial charge in [-0.15, -0.1) is 11.3 Å². The van der Waals surface area contributed by atoms with Gasteiger partial charge in [-0.2, -0.15) is 0 Å². The molecule has 0 aliphatic carbocycles. The average Bonchev–Trinajstić information content (AvgIpc) is 3.49. The van der Waals surface area contributed by atoms with Crippen molar-refractivity contribution >= 4 is 33.8 Å². The van der Waals surface area contributed by atoms with Gasteiger partial charge in [0.15, 0.2) is 0 Å². The Kier molecular flexibility index (Phi) is 6.84. The van der Waals surface area contributed by atoms with Gasteiger partial charge in [-0.05, 0) is 49.9 Å². The summed E-state index contributed by atoms with van der Waals surface area (Å²) in [5, 5.41) is 5.90. The Morgan fingerprint density at radius 3 is 2.73 bits per heavy atom. The molecule has 4 aromatic rings. The van der Waals surface area contributed by atoms with E-state index in [1.54, 1.807) is 30.8 Å². The molecule has 0 fully saturated rings. The van der Waals surface area contributed by atoms with Crippen LogP contribution >= 0.6 is 11.3 Å². The van der Waals surface area contributed by atoms with E-state index in [-0.39, 0.29) is 5.91 Å². The fraction of sp³-hybridized carbons (Fsp3) is 0.222. The fourth-order valence-corrected chi connectivity index (χ4v) is 4.57. The van der Waals surface area contributed by atoms with Crippen LogP contribution in [-0.4, -0.2) is 19.6 Å². The van der Waals surface area contributed by atoms with Crippen LogP contribution in [0.2, 0.25) is 0 Å². The van der Waals surface area contributed by atoms with Crippen LogP contribution in [0.1, 0.15) is 29.9 Å². The van der Waals surface area contributed by atoms with Gasteiger partial charge in [0.2, 0.25) is 5.91 Å². The lowest BCUT2D eigenvalue weighted by Gasteiger charge is -2.15. The normalized spacial score (nSPS) is 11.6. The number of amides is 1. The number of fused-ring (bicyclic) bond motifs is 1. The van der Waals surface area contributed by atoms with Crippen LogP contribution in [0.25, 0.3) is 27.7 Å². The number of nitrogens with one attached hydrogen (secondary N) is 1. The van der Waals surface area contributed by atoms with E-state index in [1.807, 2.05) is 68.6 Å². The van der Waals surface area contributed by atoms with Gasteiger partial charge in [-0.3, -0.25) is 4.79 Å². The first kappa shape index (κ1) is 22.7. The predicted molar refractivity (Wildman–Crippen MR) is 134 cm³/mol. The summed E-state index contributed by atoms with van der Waals surface area (Å²) in [6.07, 6.45) is 3.38. The van der Waals surface area contributed by atoms with E-state index in [4.69, 9.17) is 13.9 Å². The number of hydrogen-bond acceptors (Lipinski definition) is 5. The maximum absolute atomic E-state index is 12.6. The molecule has 1 N–H and O–H groups in total. The molecule has 0 aliphatic rings. The van der Waals surface area contributed by atoms with Gasteiger partial charge < -0.3 is 19.2 Å². The molecule has 0 atom stereocenters. The van der Waals surface area contributed by atoms with Crippen LogP contribution in [0.15, 0.2) is 64.6 Å².